The first-order valence-electron chi connectivity index (χ1n) is 10.5. The second-order valence-electron chi connectivity index (χ2n) is 7.92. The lowest BCUT2D eigenvalue weighted by Gasteiger charge is -2.14. The highest BCUT2D eigenvalue weighted by Crippen LogP contribution is 2.34. The molecule has 33 heavy (non-hydrogen) atoms. The summed E-state index contributed by atoms with van der Waals surface area (Å²) in [5, 5.41) is 11.5. The summed E-state index contributed by atoms with van der Waals surface area (Å²) in [7, 11) is 0. The number of fused-ring (bicyclic) bond motifs is 1. The van der Waals surface area contributed by atoms with Gasteiger partial charge in [-0.3, -0.25) is 14.3 Å². The Morgan fingerprint density at radius 1 is 1.21 bits per heavy atom. The number of carbonyl (C=O) groups excluding carboxylic acids is 1. The van der Waals surface area contributed by atoms with E-state index in [1.165, 1.54) is 13.0 Å². The lowest BCUT2D eigenvalue weighted by atomic mass is 10.1. The van der Waals surface area contributed by atoms with Crippen molar-refractivity contribution in [3.8, 4) is 22.8 Å². The number of hydrogen-bond donors (Lipinski definition) is 2. The van der Waals surface area contributed by atoms with Crippen molar-refractivity contribution in [2.24, 2.45) is 0 Å². The molecule has 0 bridgehead atoms. The monoisotopic (exact) mass is 448 g/mol. The number of nitrogen functional groups attached to an aromatic ring is 1. The fraction of sp³-hybridized carbons (Fsp3) is 0.217. The lowest BCUT2D eigenvalue weighted by molar-refractivity contribution is -0.127. The van der Waals surface area contributed by atoms with Crippen molar-refractivity contribution in [1.29, 1.82) is 0 Å². The minimum Gasteiger partial charge on any atom is -0.454 e. The number of nitrogens with zero attached hydrogens (tertiary/aromatic N) is 4. The number of para-hydroxylation sites is 1. The molecule has 2 aromatic carbocycles. The van der Waals surface area contributed by atoms with Crippen LogP contribution in [0.25, 0.3) is 22.2 Å². The number of amides is 1. The standard InChI is InChI=1S/C23H21FN6O3/c1-13(31)29-11-10-15(12-29)30-21-19(22(25)26-27-23(21)32)20(28-30)14-6-8-16(9-7-14)33-18-5-3-2-4-17(18)24/h2-9,15H,10-12H2,1H3,(H2,25,26)(H,27,32)/t15-/m1/s1. The van der Waals surface area contributed by atoms with Crippen molar-refractivity contribution in [3.63, 3.8) is 0 Å². The Balaban J connectivity index is 1.55. The number of benzene rings is 2. The molecule has 168 valence electrons. The van der Waals surface area contributed by atoms with Crippen LogP contribution in [0.3, 0.4) is 0 Å². The molecule has 1 aliphatic rings. The van der Waals surface area contributed by atoms with Crippen LogP contribution >= 0.6 is 0 Å². The lowest BCUT2D eigenvalue weighted by Crippen LogP contribution is -2.27. The Kier molecular flexibility index (Phi) is 5.04. The van der Waals surface area contributed by atoms with Gasteiger partial charge in [0, 0.05) is 25.6 Å². The summed E-state index contributed by atoms with van der Waals surface area (Å²) in [6.07, 6.45) is 0.673. The van der Waals surface area contributed by atoms with Crippen LogP contribution in [0.2, 0.25) is 0 Å². The number of aromatic nitrogens is 4. The quantitative estimate of drug-likeness (QED) is 0.495. The van der Waals surface area contributed by atoms with E-state index < -0.39 is 11.4 Å². The zero-order valence-electron chi connectivity index (χ0n) is 17.8. The van der Waals surface area contributed by atoms with Gasteiger partial charge in [0.15, 0.2) is 17.4 Å². The van der Waals surface area contributed by atoms with Crippen LogP contribution in [0, 0.1) is 5.82 Å². The number of nitrogens with two attached hydrogens (primary N) is 1. The Hall–Kier alpha value is -4.21. The molecule has 3 N–H and O–H groups in total. The van der Waals surface area contributed by atoms with Gasteiger partial charge in [0.25, 0.3) is 5.56 Å². The number of anilines is 1. The number of H-pyrrole nitrogens is 1. The average Bonchev–Trinajstić information content (AvgIpc) is 3.45. The molecule has 10 heteroatoms. The van der Waals surface area contributed by atoms with Gasteiger partial charge in [-0.2, -0.15) is 10.2 Å². The van der Waals surface area contributed by atoms with Gasteiger partial charge >= 0.3 is 0 Å². The molecule has 1 fully saturated rings. The van der Waals surface area contributed by atoms with Gasteiger partial charge in [-0.05, 0) is 42.8 Å². The number of aromatic amines is 1. The van der Waals surface area contributed by atoms with E-state index in [1.54, 1.807) is 52.0 Å². The van der Waals surface area contributed by atoms with Crippen molar-refractivity contribution < 1.29 is 13.9 Å². The van der Waals surface area contributed by atoms with E-state index in [2.05, 4.69) is 10.2 Å². The van der Waals surface area contributed by atoms with Crippen LogP contribution in [0.15, 0.2) is 53.3 Å². The molecule has 0 unspecified atom stereocenters. The second-order valence-corrected chi connectivity index (χ2v) is 7.92. The summed E-state index contributed by atoms with van der Waals surface area (Å²) in [5.74, 6) is 0.245. The Bertz CT molecular complexity index is 1410. The van der Waals surface area contributed by atoms with Crippen molar-refractivity contribution >= 4 is 22.6 Å². The van der Waals surface area contributed by atoms with E-state index in [4.69, 9.17) is 15.6 Å². The average molecular weight is 448 g/mol. The number of carbonyl (C=O) groups is 1. The maximum atomic E-state index is 13.9. The van der Waals surface area contributed by atoms with Crippen LogP contribution in [-0.2, 0) is 4.79 Å². The van der Waals surface area contributed by atoms with Crippen molar-refractivity contribution in [2.45, 2.75) is 19.4 Å². The van der Waals surface area contributed by atoms with Gasteiger partial charge in [-0.1, -0.05) is 12.1 Å². The van der Waals surface area contributed by atoms with Crippen molar-refractivity contribution in [1.82, 2.24) is 24.9 Å². The zero-order valence-corrected chi connectivity index (χ0v) is 17.8. The summed E-state index contributed by atoms with van der Waals surface area (Å²) in [4.78, 5) is 26.2. The molecule has 2 aromatic heterocycles. The van der Waals surface area contributed by atoms with E-state index >= 15 is 0 Å². The molecule has 1 atom stereocenters. The van der Waals surface area contributed by atoms with Crippen LogP contribution < -0.4 is 16.0 Å². The fourth-order valence-electron chi connectivity index (χ4n) is 4.14. The van der Waals surface area contributed by atoms with Crippen LogP contribution in [0.4, 0.5) is 10.2 Å². The van der Waals surface area contributed by atoms with Gasteiger partial charge in [-0.25, -0.2) is 9.49 Å². The van der Waals surface area contributed by atoms with E-state index in [9.17, 15) is 14.0 Å². The SMILES string of the molecule is CC(=O)N1CC[C@@H](n2nc(-c3ccc(Oc4ccccc4F)cc3)c3c(N)n[nH]c(=O)c32)C1. The molecule has 5 rings (SSSR count). The van der Waals surface area contributed by atoms with E-state index in [-0.39, 0.29) is 23.5 Å². The number of likely N-dealkylation sites (tertiary alicyclic amines) is 1. The fourth-order valence-corrected chi connectivity index (χ4v) is 4.14. The topological polar surface area (TPSA) is 119 Å². The van der Waals surface area contributed by atoms with E-state index in [1.807, 2.05) is 0 Å². The molecule has 1 aliphatic heterocycles. The molecule has 3 heterocycles. The first-order valence-corrected chi connectivity index (χ1v) is 10.5. The minimum atomic E-state index is -0.458. The highest BCUT2D eigenvalue weighted by atomic mass is 19.1. The molecule has 4 aromatic rings. The summed E-state index contributed by atoms with van der Waals surface area (Å²) in [6.45, 7) is 2.58. The number of rotatable bonds is 4. The van der Waals surface area contributed by atoms with Gasteiger partial charge in [0.1, 0.15) is 17.0 Å². The van der Waals surface area contributed by atoms with Crippen LogP contribution in [-0.4, -0.2) is 43.9 Å². The highest BCUT2D eigenvalue weighted by molar-refractivity contribution is 5.99. The largest absolute Gasteiger partial charge is 0.454 e. The molecule has 9 nitrogen and oxygen atoms in total. The second kappa shape index (κ2) is 8.05. The first kappa shape index (κ1) is 20.7. The Morgan fingerprint density at radius 2 is 1.97 bits per heavy atom. The third-order valence-corrected chi connectivity index (χ3v) is 5.81. The number of hydrogen-bond acceptors (Lipinski definition) is 6. The number of ether oxygens (including phenoxy) is 1. The van der Waals surface area contributed by atoms with Gasteiger partial charge in [0.05, 0.1) is 11.4 Å². The molecular formula is C23H21FN6O3. The maximum absolute atomic E-state index is 13.9. The van der Waals surface area contributed by atoms with Crippen molar-refractivity contribution in [2.75, 3.05) is 18.8 Å². The summed E-state index contributed by atoms with van der Waals surface area (Å²) < 4.78 is 21.2. The van der Waals surface area contributed by atoms with Crippen LogP contribution in [0.5, 0.6) is 11.5 Å². The van der Waals surface area contributed by atoms with Gasteiger partial charge < -0.3 is 15.4 Å². The molecule has 0 saturated carbocycles. The van der Waals surface area contributed by atoms with Crippen molar-refractivity contribution in [3.05, 3.63) is 64.7 Å². The Labute approximate surface area is 187 Å². The highest BCUT2D eigenvalue weighted by Gasteiger charge is 2.30. The summed E-state index contributed by atoms with van der Waals surface area (Å²) in [5.41, 5.74) is 7.24. The first-order chi connectivity index (χ1) is 15.9. The number of nitrogens with one attached hydrogen (secondary N) is 1. The molecule has 1 amide bonds. The zero-order chi connectivity index (χ0) is 23.1. The number of halogens is 1. The van der Waals surface area contributed by atoms with E-state index in [0.29, 0.717) is 47.4 Å². The minimum absolute atomic E-state index is 0.0188. The molecule has 1 saturated heterocycles. The third-order valence-electron chi connectivity index (χ3n) is 5.81. The molecule has 0 spiro atoms. The summed E-state index contributed by atoms with van der Waals surface area (Å²) >= 11 is 0. The smallest absolute Gasteiger partial charge is 0.290 e. The normalized spacial score (nSPS) is 15.8. The van der Waals surface area contributed by atoms with Gasteiger partial charge in [0.2, 0.25) is 5.91 Å². The summed E-state index contributed by atoms with van der Waals surface area (Å²) in [6, 6.07) is 12.9. The predicted octanol–water partition coefficient (Wildman–Crippen LogP) is 3.09. The van der Waals surface area contributed by atoms with E-state index in [0.717, 1.165) is 0 Å². The molecule has 0 aliphatic carbocycles. The third kappa shape index (κ3) is 3.69. The molecular weight excluding hydrogens is 427 g/mol. The van der Waals surface area contributed by atoms with Crippen LogP contribution in [0.1, 0.15) is 19.4 Å². The maximum Gasteiger partial charge on any atom is 0.290 e. The predicted molar refractivity (Wildman–Crippen MR) is 120 cm³/mol. The van der Waals surface area contributed by atoms with Gasteiger partial charge in [-0.15, -0.1) is 0 Å². The molecule has 0 radical (unpaired) electrons. The Morgan fingerprint density at radius 3 is 2.67 bits per heavy atom.